The number of nitrogens with one attached hydrogen (secondary N) is 1. The number of amides is 1. The van der Waals surface area contributed by atoms with E-state index in [9.17, 15) is 9.18 Å². The van der Waals surface area contributed by atoms with Crippen LogP contribution in [0.1, 0.15) is 29.4 Å². The van der Waals surface area contributed by atoms with Crippen LogP contribution in [0.3, 0.4) is 0 Å². The second-order valence-electron chi connectivity index (χ2n) is 9.06. The molecule has 2 aliphatic heterocycles. The van der Waals surface area contributed by atoms with Crippen LogP contribution >= 0.6 is 11.8 Å². The van der Waals surface area contributed by atoms with Gasteiger partial charge < -0.3 is 25.3 Å². The number of halogens is 1. The van der Waals surface area contributed by atoms with Gasteiger partial charge in [0.05, 0.1) is 49.1 Å². The van der Waals surface area contributed by atoms with Crippen LogP contribution in [0.5, 0.6) is 5.88 Å². The van der Waals surface area contributed by atoms with E-state index in [-0.39, 0.29) is 16.4 Å². The maximum absolute atomic E-state index is 15.0. The van der Waals surface area contributed by atoms with Gasteiger partial charge >= 0.3 is 0 Å². The molecule has 0 unspecified atom stereocenters. The second-order valence-corrected chi connectivity index (χ2v) is 10.5. The Morgan fingerprint density at radius 1 is 1.35 bits per heavy atom. The SMILES string of the molecule is COC[C@]12C[C@H]1[C@@](C)(c1cc(NC(=O)c3cnc(OCC4COC4)cn3)ccc1F)N=C(N)S2. The minimum atomic E-state index is -0.858. The van der Waals surface area contributed by atoms with Crippen molar-refractivity contribution in [3.8, 4) is 5.88 Å². The maximum Gasteiger partial charge on any atom is 0.275 e. The summed E-state index contributed by atoms with van der Waals surface area (Å²) in [6, 6.07) is 4.45. The van der Waals surface area contributed by atoms with Gasteiger partial charge in [-0.15, -0.1) is 0 Å². The molecule has 0 bridgehead atoms. The van der Waals surface area contributed by atoms with E-state index >= 15 is 0 Å². The quantitative estimate of drug-likeness (QED) is 0.583. The summed E-state index contributed by atoms with van der Waals surface area (Å²) in [5, 5.41) is 3.18. The molecule has 1 saturated carbocycles. The lowest BCUT2D eigenvalue weighted by Crippen LogP contribution is -2.37. The fourth-order valence-corrected chi connectivity index (χ4v) is 6.06. The molecule has 9 nitrogen and oxygen atoms in total. The summed E-state index contributed by atoms with van der Waals surface area (Å²) in [7, 11) is 1.64. The van der Waals surface area contributed by atoms with E-state index in [4.69, 9.17) is 19.9 Å². The van der Waals surface area contributed by atoms with Crippen LogP contribution in [0, 0.1) is 17.7 Å². The van der Waals surface area contributed by atoms with Crippen molar-refractivity contribution >= 4 is 28.5 Å². The molecule has 2 fully saturated rings. The molecule has 34 heavy (non-hydrogen) atoms. The summed E-state index contributed by atoms with van der Waals surface area (Å²) < 4.78 is 30.8. The average molecular weight is 488 g/mol. The van der Waals surface area contributed by atoms with E-state index in [0.717, 1.165) is 6.42 Å². The lowest BCUT2D eigenvalue weighted by atomic mass is 9.85. The van der Waals surface area contributed by atoms with Crippen LogP contribution in [0.4, 0.5) is 10.1 Å². The first-order valence-electron chi connectivity index (χ1n) is 11.0. The highest BCUT2D eigenvalue weighted by Crippen LogP contribution is 2.66. The molecule has 3 N–H and O–H groups in total. The molecule has 1 aromatic carbocycles. The van der Waals surface area contributed by atoms with Gasteiger partial charge in [0, 0.05) is 30.2 Å². The van der Waals surface area contributed by atoms with Gasteiger partial charge in [-0.25, -0.2) is 14.4 Å². The Morgan fingerprint density at radius 2 is 2.18 bits per heavy atom. The smallest absolute Gasteiger partial charge is 0.275 e. The largest absolute Gasteiger partial charge is 0.476 e. The van der Waals surface area contributed by atoms with Crippen LogP contribution in [0.15, 0.2) is 35.6 Å². The fourth-order valence-electron chi connectivity index (χ4n) is 4.61. The van der Waals surface area contributed by atoms with E-state index in [1.807, 2.05) is 6.92 Å². The van der Waals surface area contributed by atoms with Crippen molar-refractivity contribution in [3.63, 3.8) is 0 Å². The zero-order valence-corrected chi connectivity index (χ0v) is 19.7. The van der Waals surface area contributed by atoms with E-state index in [2.05, 4.69) is 20.3 Å². The van der Waals surface area contributed by atoms with Crippen molar-refractivity contribution in [3.05, 3.63) is 47.7 Å². The number of ether oxygens (including phenoxy) is 3. The normalized spacial score (nSPS) is 27.9. The molecule has 180 valence electrons. The lowest BCUT2D eigenvalue weighted by molar-refractivity contribution is -0.0514. The van der Waals surface area contributed by atoms with E-state index in [1.165, 1.54) is 36.3 Å². The predicted molar refractivity (Wildman–Crippen MR) is 125 cm³/mol. The highest BCUT2D eigenvalue weighted by Gasteiger charge is 2.66. The van der Waals surface area contributed by atoms with Gasteiger partial charge in [0.1, 0.15) is 11.5 Å². The van der Waals surface area contributed by atoms with Gasteiger partial charge in [-0.3, -0.25) is 9.79 Å². The third kappa shape index (κ3) is 4.23. The molecule has 1 aromatic heterocycles. The van der Waals surface area contributed by atoms with Crippen molar-refractivity contribution in [2.24, 2.45) is 22.6 Å². The maximum atomic E-state index is 15.0. The molecular weight excluding hydrogens is 461 g/mol. The first-order chi connectivity index (χ1) is 16.3. The number of aromatic nitrogens is 2. The number of amidine groups is 1. The minimum absolute atomic E-state index is 0.0719. The minimum Gasteiger partial charge on any atom is -0.476 e. The highest BCUT2D eigenvalue weighted by atomic mass is 32.2. The topological polar surface area (TPSA) is 121 Å². The Morgan fingerprint density at radius 3 is 2.85 bits per heavy atom. The van der Waals surface area contributed by atoms with Crippen LogP contribution in [-0.2, 0) is 15.0 Å². The number of rotatable bonds is 8. The molecule has 3 atom stereocenters. The second kappa shape index (κ2) is 8.79. The van der Waals surface area contributed by atoms with Gasteiger partial charge in [0.2, 0.25) is 5.88 Å². The molecule has 3 heterocycles. The number of carbonyl (C=O) groups excluding carboxylic acids is 1. The molecule has 0 spiro atoms. The predicted octanol–water partition coefficient (Wildman–Crippen LogP) is 2.58. The summed E-state index contributed by atoms with van der Waals surface area (Å²) in [5.41, 5.74) is 6.19. The molecule has 1 aliphatic carbocycles. The monoisotopic (exact) mass is 487 g/mol. The highest BCUT2D eigenvalue weighted by molar-refractivity contribution is 8.15. The van der Waals surface area contributed by atoms with Crippen LogP contribution in [0.2, 0.25) is 0 Å². The number of hydrogen-bond donors (Lipinski definition) is 2. The number of hydrogen-bond acceptors (Lipinski definition) is 9. The summed E-state index contributed by atoms with van der Waals surface area (Å²) in [5.74, 6) is -0.0912. The van der Waals surface area contributed by atoms with Crippen LogP contribution in [0.25, 0.3) is 0 Å². The van der Waals surface area contributed by atoms with Gasteiger partial charge in [0.15, 0.2) is 5.17 Å². The number of aliphatic imine (C=N–C) groups is 1. The zero-order chi connectivity index (χ0) is 23.9. The van der Waals surface area contributed by atoms with Crippen LogP contribution < -0.4 is 15.8 Å². The number of thioether (sulfide) groups is 1. The summed E-state index contributed by atoms with van der Waals surface area (Å²) >= 11 is 1.49. The Hall–Kier alpha value is -2.76. The summed E-state index contributed by atoms with van der Waals surface area (Å²) in [4.78, 5) is 25.6. The number of carbonyl (C=O) groups is 1. The Balaban J connectivity index is 1.31. The first kappa shape index (κ1) is 23.0. The third-order valence-corrected chi connectivity index (χ3v) is 7.82. The molecule has 1 amide bonds. The number of methoxy groups -OCH3 is 1. The molecule has 5 rings (SSSR count). The van der Waals surface area contributed by atoms with E-state index in [1.54, 1.807) is 13.2 Å². The standard InChI is InChI=1S/C23H26FN5O4S/c1-22(18-6-23(18,12-31-2)34-21(25)29-22)15-5-14(3-4-16(15)24)28-20(30)17-7-27-19(8-26-17)33-11-13-9-32-10-13/h3-5,7-8,13,18H,6,9-12H2,1-2H3,(H2,25,29)(H,28,30)/t18-,22+,23+/m0/s1. The average Bonchev–Trinajstić information content (AvgIpc) is 3.49. The fraction of sp³-hybridized carbons (Fsp3) is 0.478. The number of anilines is 1. The Kier molecular flexibility index (Phi) is 5.95. The van der Waals surface area contributed by atoms with Gasteiger partial charge in [-0.1, -0.05) is 11.8 Å². The van der Waals surface area contributed by atoms with Crippen LogP contribution in [-0.4, -0.2) is 59.3 Å². The van der Waals surface area contributed by atoms with E-state index < -0.39 is 17.3 Å². The molecular formula is C23H26FN5O4S. The van der Waals surface area contributed by atoms with Gasteiger partial charge in [-0.05, 0) is 31.5 Å². The first-order valence-corrected chi connectivity index (χ1v) is 11.8. The Bertz CT molecular complexity index is 1130. The summed E-state index contributed by atoms with van der Waals surface area (Å²) in [6.45, 7) is 4.25. The van der Waals surface area contributed by atoms with E-state index in [0.29, 0.717) is 54.6 Å². The molecule has 3 aliphatic rings. The summed E-state index contributed by atoms with van der Waals surface area (Å²) in [6.07, 6.45) is 3.57. The molecule has 0 radical (unpaired) electrons. The van der Waals surface area contributed by atoms with Crippen molar-refractivity contribution in [2.45, 2.75) is 23.6 Å². The van der Waals surface area contributed by atoms with Crippen molar-refractivity contribution in [2.75, 3.05) is 38.9 Å². The number of benzene rings is 1. The van der Waals surface area contributed by atoms with Crippen molar-refractivity contribution in [1.29, 1.82) is 0 Å². The molecule has 1 saturated heterocycles. The number of nitrogens with two attached hydrogens (primary N) is 1. The number of nitrogens with zero attached hydrogens (tertiary/aromatic N) is 3. The molecule has 2 aromatic rings. The van der Waals surface area contributed by atoms with Gasteiger partial charge in [0.25, 0.3) is 5.91 Å². The number of fused-ring (bicyclic) bond motifs is 1. The van der Waals surface area contributed by atoms with Crippen molar-refractivity contribution in [1.82, 2.24) is 9.97 Å². The van der Waals surface area contributed by atoms with Gasteiger partial charge in [-0.2, -0.15) is 0 Å². The third-order valence-electron chi connectivity index (χ3n) is 6.55. The van der Waals surface area contributed by atoms with Crippen molar-refractivity contribution < 1.29 is 23.4 Å². The lowest BCUT2D eigenvalue weighted by Gasteiger charge is -2.34. The zero-order valence-electron chi connectivity index (χ0n) is 18.9. The molecule has 11 heteroatoms. The Labute approximate surface area is 200 Å².